The van der Waals surface area contributed by atoms with Crippen molar-refractivity contribution in [2.45, 2.75) is 65.0 Å². The standard InChI is InChI=1S/C22H31N3O3/c1-4-28-21(26)19-18(13-23-16-8-6-5-7-9-16)24-22(27)25-20(19)17-11-10-14(2)12-15(17)3/h10-12,16,20,23H,4-9,13H2,1-3H3,(H2,24,25,27). The molecule has 2 aliphatic rings. The van der Waals surface area contributed by atoms with Gasteiger partial charge in [-0.15, -0.1) is 0 Å². The maximum absolute atomic E-state index is 12.8. The van der Waals surface area contributed by atoms with Gasteiger partial charge in [-0.2, -0.15) is 0 Å². The van der Waals surface area contributed by atoms with Crippen LogP contribution in [0.2, 0.25) is 0 Å². The van der Waals surface area contributed by atoms with E-state index in [0.29, 0.717) is 30.5 Å². The number of hydrogen-bond acceptors (Lipinski definition) is 4. The minimum Gasteiger partial charge on any atom is -0.463 e. The van der Waals surface area contributed by atoms with E-state index in [4.69, 9.17) is 4.74 Å². The van der Waals surface area contributed by atoms with Crippen LogP contribution in [-0.2, 0) is 9.53 Å². The minimum absolute atomic E-state index is 0.291. The van der Waals surface area contributed by atoms with Gasteiger partial charge in [0.1, 0.15) is 0 Å². The highest BCUT2D eigenvalue weighted by Gasteiger charge is 2.34. The zero-order chi connectivity index (χ0) is 20.1. The van der Waals surface area contributed by atoms with E-state index in [1.165, 1.54) is 19.3 Å². The average molecular weight is 386 g/mol. The second kappa shape index (κ2) is 9.24. The third-order valence-electron chi connectivity index (χ3n) is 5.56. The molecule has 1 heterocycles. The second-order valence-electron chi connectivity index (χ2n) is 7.72. The Hall–Kier alpha value is -2.34. The zero-order valence-electron chi connectivity index (χ0n) is 17.1. The van der Waals surface area contributed by atoms with Crippen molar-refractivity contribution in [1.82, 2.24) is 16.0 Å². The summed E-state index contributed by atoms with van der Waals surface area (Å²) in [6, 6.07) is 5.66. The van der Waals surface area contributed by atoms with Crippen LogP contribution in [0.3, 0.4) is 0 Å². The maximum atomic E-state index is 12.8. The Bertz CT molecular complexity index is 766. The molecule has 1 aliphatic carbocycles. The van der Waals surface area contributed by atoms with Crippen molar-refractivity contribution in [3.63, 3.8) is 0 Å². The molecule has 3 rings (SSSR count). The number of benzene rings is 1. The molecule has 2 amide bonds. The topological polar surface area (TPSA) is 79.5 Å². The van der Waals surface area contributed by atoms with Crippen LogP contribution in [0.25, 0.3) is 0 Å². The summed E-state index contributed by atoms with van der Waals surface area (Å²) in [4.78, 5) is 25.2. The smallest absolute Gasteiger partial charge is 0.338 e. The van der Waals surface area contributed by atoms with Gasteiger partial charge >= 0.3 is 12.0 Å². The summed E-state index contributed by atoms with van der Waals surface area (Å²) in [6.07, 6.45) is 5.99. The first-order chi connectivity index (χ1) is 13.5. The van der Waals surface area contributed by atoms with Gasteiger partial charge in [-0.05, 0) is 44.7 Å². The van der Waals surface area contributed by atoms with E-state index < -0.39 is 6.04 Å². The molecular weight excluding hydrogens is 354 g/mol. The van der Waals surface area contributed by atoms with Crippen molar-refractivity contribution >= 4 is 12.0 Å². The fourth-order valence-corrected chi connectivity index (χ4v) is 4.14. The molecule has 6 heteroatoms. The van der Waals surface area contributed by atoms with Crippen LogP contribution in [0.5, 0.6) is 0 Å². The Morgan fingerprint density at radius 1 is 1.21 bits per heavy atom. The van der Waals surface area contributed by atoms with Gasteiger partial charge in [-0.1, -0.05) is 43.0 Å². The fraction of sp³-hybridized carbons (Fsp3) is 0.545. The Morgan fingerprint density at radius 2 is 1.96 bits per heavy atom. The van der Waals surface area contributed by atoms with E-state index in [0.717, 1.165) is 29.5 Å². The first kappa shape index (κ1) is 20.4. The van der Waals surface area contributed by atoms with Crippen LogP contribution in [-0.4, -0.2) is 31.2 Å². The van der Waals surface area contributed by atoms with Crippen molar-refractivity contribution < 1.29 is 14.3 Å². The van der Waals surface area contributed by atoms with E-state index >= 15 is 0 Å². The van der Waals surface area contributed by atoms with Crippen LogP contribution < -0.4 is 16.0 Å². The predicted molar refractivity (Wildman–Crippen MR) is 109 cm³/mol. The SMILES string of the molecule is CCOC(=O)C1=C(CNC2CCCCC2)NC(=O)NC1c1ccc(C)cc1C. The number of esters is 1. The summed E-state index contributed by atoms with van der Waals surface area (Å²) in [5.74, 6) is -0.389. The summed E-state index contributed by atoms with van der Waals surface area (Å²) >= 11 is 0. The van der Waals surface area contributed by atoms with Gasteiger partial charge in [-0.25, -0.2) is 9.59 Å². The Balaban J connectivity index is 1.93. The lowest BCUT2D eigenvalue weighted by Gasteiger charge is -2.31. The molecule has 1 aromatic carbocycles. The summed E-state index contributed by atoms with van der Waals surface area (Å²) in [5, 5.41) is 9.28. The lowest BCUT2D eigenvalue weighted by molar-refractivity contribution is -0.139. The molecule has 0 saturated heterocycles. The van der Waals surface area contributed by atoms with E-state index in [1.54, 1.807) is 6.92 Å². The van der Waals surface area contributed by atoms with Crippen molar-refractivity contribution in [2.75, 3.05) is 13.2 Å². The first-order valence-corrected chi connectivity index (χ1v) is 10.3. The largest absolute Gasteiger partial charge is 0.463 e. The van der Waals surface area contributed by atoms with E-state index in [1.807, 2.05) is 26.0 Å². The average Bonchev–Trinajstić information content (AvgIpc) is 2.67. The molecule has 1 saturated carbocycles. The van der Waals surface area contributed by atoms with Gasteiger partial charge in [0.05, 0.1) is 18.2 Å². The summed E-state index contributed by atoms with van der Waals surface area (Å²) in [6.45, 7) is 6.56. The quantitative estimate of drug-likeness (QED) is 0.656. The normalized spacial score (nSPS) is 20.5. The van der Waals surface area contributed by atoms with Crippen molar-refractivity contribution in [3.05, 3.63) is 46.2 Å². The predicted octanol–water partition coefficient (Wildman–Crippen LogP) is 3.40. The van der Waals surface area contributed by atoms with E-state index in [9.17, 15) is 9.59 Å². The van der Waals surface area contributed by atoms with Gasteiger partial charge in [0.2, 0.25) is 0 Å². The van der Waals surface area contributed by atoms with Gasteiger partial charge in [0.25, 0.3) is 0 Å². The summed E-state index contributed by atoms with van der Waals surface area (Å²) < 4.78 is 5.34. The van der Waals surface area contributed by atoms with E-state index in [-0.39, 0.29) is 12.0 Å². The number of carbonyl (C=O) groups excluding carboxylic acids is 2. The van der Waals surface area contributed by atoms with Crippen LogP contribution in [0.1, 0.15) is 61.8 Å². The molecule has 6 nitrogen and oxygen atoms in total. The van der Waals surface area contributed by atoms with Crippen molar-refractivity contribution in [3.8, 4) is 0 Å². The number of ether oxygens (including phenoxy) is 1. The van der Waals surface area contributed by atoms with Crippen molar-refractivity contribution in [2.24, 2.45) is 0 Å². The van der Waals surface area contributed by atoms with Crippen LogP contribution in [0.4, 0.5) is 4.79 Å². The molecule has 1 aliphatic heterocycles. The third-order valence-corrected chi connectivity index (χ3v) is 5.56. The van der Waals surface area contributed by atoms with Crippen LogP contribution >= 0.6 is 0 Å². The molecule has 1 atom stereocenters. The molecule has 152 valence electrons. The maximum Gasteiger partial charge on any atom is 0.338 e. The number of urea groups is 1. The third kappa shape index (κ3) is 4.73. The van der Waals surface area contributed by atoms with Gasteiger partial charge in [0, 0.05) is 18.3 Å². The molecule has 3 N–H and O–H groups in total. The highest BCUT2D eigenvalue weighted by atomic mass is 16.5. The van der Waals surface area contributed by atoms with Gasteiger partial charge in [0.15, 0.2) is 0 Å². The monoisotopic (exact) mass is 385 g/mol. The molecule has 0 aromatic heterocycles. The number of rotatable bonds is 6. The highest BCUT2D eigenvalue weighted by molar-refractivity contribution is 5.95. The molecule has 28 heavy (non-hydrogen) atoms. The Morgan fingerprint density at radius 3 is 2.64 bits per heavy atom. The minimum atomic E-state index is -0.517. The molecule has 1 aromatic rings. The highest BCUT2D eigenvalue weighted by Crippen LogP contribution is 2.30. The summed E-state index contributed by atoms with van der Waals surface area (Å²) in [7, 11) is 0. The van der Waals surface area contributed by atoms with Crippen LogP contribution in [0.15, 0.2) is 29.5 Å². The molecule has 0 spiro atoms. The van der Waals surface area contributed by atoms with Crippen LogP contribution in [0, 0.1) is 13.8 Å². The lowest BCUT2D eigenvalue weighted by atomic mass is 9.91. The van der Waals surface area contributed by atoms with E-state index in [2.05, 4.69) is 22.0 Å². The lowest BCUT2D eigenvalue weighted by Crippen LogP contribution is -2.49. The number of nitrogens with one attached hydrogen (secondary N) is 3. The van der Waals surface area contributed by atoms with Gasteiger partial charge < -0.3 is 20.7 Å². The molecule has 0 bridgehead atoms. The zero-order valence-corrected chi connectivity index (χ0v) is 17.1. The molecular formula is C22H31N3O3. The second-order valence-corrected chi connectivity index (χ2v) is 7.72. The Labute approximate surface area is 167 Å². The number of hydrogen-bond donors (Lipinski definition) is 3. The number of aryl methyl sites for hydroxylation is 2. The van der Waals surface area contributed by atoms with Gasteiger partial charge in [-0.3, -0.25) is 0 Å². The number of amides is 2. The molecule has 1 fully saturated rings. The first-order valence-electron chi connectivity index (χ1n) is 10.3. The summed E-state index contributed by atoms with van der Waals surface area (Å²) in [5.41, 5.74) is 4.18. The Kier molecular flexibility index (Phi) is 6.73. The van der Waals surface area contributed by atoms with Crippen molar-refractivity contribution in [1.29, 1.82) is 0 Å². The number of carbonyl (C=O) groups is 2. The molecule has 1 unspecified atom stereocenters. The molecule has 0 radical (unpaired) electrons. The fourth-order valence-electron chi connectivity index (χ4n) is 4.14.